The first-order valence-electron chi connectivity index (χ1n) is 10.2. The molecule has 8 heteroatoms. The predicted octanol–water partition coefficient (Wildman–Crippen LogP) is 6.63. The number of carbonyl (C=O) groups is 1. The van der Waals surface area contributed by atoms with Crippen molar-refractivity contribution >= 4 is 43.8 Å². The van der Waals surface area contributed by atoms with Crippen molar-refractivity contribution < 1.29 is 27.8 Å². The summed E-state index contributed by atoms with van der Waals surface area (Å²) >= 11 is 3.39. The molecule has 0 saturated carbocycles. The van der Waals surface area contributed by atoms with E-state index in [0.717, 1.165) is 9.86 Å². The van der Waals surface area contributed by atoms with Crippen molar-refractivity contribution in [1.29, 1.82) is 0 Å². The second-order valence-corrected chi connectivity index (χ2v) is 8.33. The third-order valence-electron chi connectivity index (χ3n) is 5.16. The molecule has 34 heavy (non-hydrogen) atoms. The molecule has 5 aromatic rings. The van der Waals surface area contributed by atoms with Crippen molar-refractivity contribution in [3.05, 3.63) is 92.9 Å². The van der Waals surface area contributed by atoms with E-state index in [4.69, 9.17) is 23.0 Å². The molecule has 0 aliphatic carbocycles. The molecule has 3 aromatic carbocycles. The molecule has 7 nitrogen and oxygen atoms in total. The van der Waals surface area contributed by atoms with Crippen molar-refractivity contribution in [2.24, 2.45) is 0 Å². The molecule has 2 aromatic heterocycles. The number of carbonyl (C=O) groups excluding carboxylic acids is 1. The predicted molar refractivity (Wildman–Crippen MR) is 129 cm³/mol. The van der Waals surface area contributed by atoms with Crippen LogP contribution in [0.5, 0.6) is 23.0 Å². The molecular formula is C26H17BrO7. The highest BCUT2D eigenvalue weighted by atomic mass is 79.9. The minimum Gasteiger partial charge on any atom is -0.493 e. The molecule has 0 fully saturated rings. The van der Waals surface area contributed by atoms with Gasteiger partial charge in [0.15, 0.2) is 11.5 Å². The molecule has 2 heterocycles. The summed E-state index contributed by atoms with van der Waals surface area (Å²) in [5, 5.41) is 1.05. The van der Waals surface area contributed by atoms with Crippen LogP contribution in [0.25, 0.3) is 21.9 Å². The lowest BCUT2D eigenvalue weighted by molar-refractivity contribution is 0.0704. The number of methoxy groups -OCH3 is 1. The highest BCUT2D eigenvalue weighted by Gasteiger charge is 2.19. The summed E-state index contributed by atoms with van der Waals surface area (Å²) in [6.07, 6.45) is 0. The first-order valence-corrected chi connectivity index (χ1v) is 11.0. The van der Waals surface area contributed by atoms with E-state index in [1.54, 1.807) is 43.3 Å². The van der Waals surface area contributed by atoms with E-state index in [2.05, 4.69) is 15.9 Å². The van der Waals surface area contributed by atoms with Gasteiger partial charge in [-0.05, 0) is 55.5 Å². The zero-order valence-electron chi connectivity index (χ0n) is 18.1. The van der Waals surface area contributed by atoms with Crippen molar-refractivity contribution in [3.63, 3.8) is 0 Å². The number of hydrogen-bond donors (Lipinski definition) is 0. The lowest BCUT2D eigenvalue weighted by atomic mass is 10.2. The highest BCUT2D eigenvalue weighted by Crippen LogP contribution is 2.33. The second-order valence-electron chi connectivity index (χ2n) is 7.41. The van der Waals surface area contributed by atoms with E-state index in [1.165, 1.54) is 25.3 Å². The van der Waals surface area contributed by atoms with Gasteiger partial charge in [-0.1, -0.05) is 28.1 Å². The van der Waals surface area contributed by atoms with E-state index < -0.39 is 5.97 Å². The van der Waals surface area contributed by atoms with Crippen LogP contribution in [-0.2, 0) is 0 Å². The van der Waals surface area contributed by atoms with Crippen molar-refractivity contribution in [2.45, 2.75) is 6.92 Å². The zero-order valence-corrected chi connectivity index (χ0v) is 19.7. The van der Waals surface area contributed by atoms with Gasteiger partial charge < -0.3 is 23.0 Å². The number of furan rings is 1. The number of rotatable bonds is 5. The molecule has 0 aliphatic heterocycles. The lowest BCUT2D eigenvalue weighted by Gasteiger charge is -2.12. The number of hydrogen-bond acceptors (Lipinski definition) is 7. The number of benzene rings is 3. The van der Waals surface area contributed by atoms with Gasteiger partial charge in [0.05, 0.1) is 12.5 Å². The summed E-state index contributed by atoms with van der Waals surface area (Å²) in [4.78, 5) is 25.7. The fourth-order valence-electron chi connectivity index (χ4n) is 3.54. The standard InChI is InChI=1S/C26H17BrO7/c1-14-25(34-21-6-4-3-5-20(21)30-2)24(28)18-9-8-17(13-22(18)31-14)32-26(29)23-12-15-11-16(27)7-10-19(15)33-23/h3-13H,1-2H3. The Kier molecular flexibility index (Phi) is 5.59. The summed E-state index contributed by atoms with van der Waals surface area (Å²) < 4.78 is 28.8. The number of fused-ring (bicyclic) bond motifs is 2. The fraction of sp³-hybridized carbons (Fsp3) is 0.0769. The van der Waals surface area contributed by atoms with E-state index in [-0.39, 0.29) is 39.4 Å². The Labute approximate surface area is 201 Å². The van der Waals surface area contributed by atoms with Gasteiger partial charge in [0, 0.05) is 15.9 Å². The van der Waals surface area contributed by atoms with Gasteiger partial charge in [0.2, 0.25) is 16.9 Å². The van der Waals surface area contributed by atoms with Crippen LogP contribution in [0.3, 0.4) is 0 Å². The van der Waals surface area contributed by atoms with Crippen LogP contribution in [0.2, 0.25) is 0 Å². The maximum atomic E-state index is 13.1. The second kappa shape index (κ2) is 8.72. The highest BCUT2D eigenvalue weighted by molar-refractivity contribution is 9.10. The van der Waals surface area contributed by atoms with Gasteiger partial charge in [-0.15, -0.1) is 0 Å². The van der Waals surface area contributed by atoms with Gasteiger partial charge in [-0.3, -0.25) is 4.79 Å². The van der Waals surface area contributed by atoms with Crippen LogP contribution >= 0.6 is 15.9 Å². The van der Waals surface area contributed by atoms with E-state index in [0.29, 0.717) is 17.1 Å². The summed E-state index contributed by atoms with van der Waals surface area (Å²) in [6, 6.07) is 18.5. The Bertz CT molecular complexity index is 1610. The number of halogens is 1. The molecule has 0 aliphatic rings. The van der Waals surface area contributed by atoms with Gasteiger partial charge in [0.1, 0.15) is 22.7 Å². The van der Waals surface area contributed by atoms with Gasteiger partial charge >= 0.3 is 5.97 Å². The van der Waals surface area contributed by atoms with E-state index in [9.17, 15) is 9.59 Å². The number of aryl methyl sites for hydroxylation is 1. The van der Waals surface area contributed by atoms with Crippen molar-refractivity contribution in [2.75, 3.05) is 7.11 Å². The Balaban J connectivity index is 1.44. The third kappa shape index (κ3) is 4.04. The number of para-hydroxylation sites is 2. The van der Waals surface area contributed by atoms with Crippen LogP contribution in [0, 0.1) is 6.92 Å². The molecule has 5 rings (SSSR count). The van der Waals surface area contributed by atoms with Gasteiger partial charge in [-0.2, -0.15) is 0 Å². The molecule has 0 saturated heterocycles. The SMILES string of the molecule is COc1ccccc1Oc1c(C)oc2cc(OC(=O)c3cc4cc(Br)ccc4o3)ccc2c1=O. The molecule has 0 atom stereocenters. The van der Waals surface area contributed by atoms with E-state index in [1.807, 2.05) is 12.1 Å². The average Bonchev–Trinajstić information content (AvgIpc) is 3.25. The number of esters is 1. The molecule has 0 bridgehead atoms. The summed E-state index contributed by atoms with van der Waals surface area (Å²) in [5.74, 6) is 0.808. The molecule has 0 unspecified atom stereocenters. The smallest absolute Gasteiger partial charge is 0.379 e. The molecule has 170 valence electrons. The summed E-state index contributed by atoms with van der Waals surface area (Å²) in [6.45, 7) is 1.62. The van der Waals surface area contributed by atoms with E-state index >= 15 is 0 Å². The monoisotopic (exact) mass is 520 g/mol. The maximum absolute atomic E-state index is 13.1. The van der Waals surface area contributed by atoms with Crippen LogP contribution in [0.15, 0.2) is 84.8 Å². The molecular weight excluding hydrogens is 504 g/mol. The molecule has 0 radical (unpaired) electrons. The summed E-state index contributed by atoms with van der Waals surface area (Å²) in [7, 11) is 1.52. The topological polar surface area (TPSA) is 88.1 Å². The van der Waals surface area contributed by atoms with Crippen molar-refractivity contribution in [1.82, 2.24) is 0 Å². The van der Waals surface area contributed by atoms with Crippen LogP contribution < -0.4 is 19.6 Å². The number of ether oxygens (including phenoxy) is 3. The Morgan fingerprint density at radius 3 is 2.50 bits per heavy atom. The maximum Gasteiger partial charge on any atom is 0.379 e. The minimum absolute atomic E-state index is 0.0511. The third-order valence-corrected chi connectivity index (χ3v) is 5.65. The minimum atomic E-state index is -0.665. The lowest BCUT2D eigenvalue weighted by Crippen LogP contribution is -2.09. The first-order chi connectivity index (χ1) is 16.4. The molecule has 0 N–H and O–H groups in total. The van der Waals surface area contributed by atoms with Crippen LogP contribution in [0.1, 0.15) is 16.3 Å². The van der Waals surface area contributed by atoms with Crippen LogP contribution in [-0.4, -0.2) is 13.1 Å². The molecule has 0 amide bonds. The Hall–Kier alpha value is -4.04. The quantitative estimate of drug-likeness (QED) is 0.190. The zero-order chi connectivity index (χ0) is 23.8. The van der Waals surface area contributed by atoms with Gasteiger partial charge in [0.25, 0.3) is 0 Å². The van der Waals surface area contributed by atoms with Gasteiger partial charge in [-0.25, -0.2) is 4.79 Å². The summed E-state index contributed by atoms with van der Waals surface area (Å²) in [5.41, 5.74) is 0.469. The molecule has 0 spiro atoms. The van der Waals surface area contributed by atoms with Crippen molar-refractivity contribution in [3.8, 4) is 23.0 Å². The largest absolute Gasteiger partial charge is 0.493 e. The Morgan fingerprint density at radius 2 is 1.71 bits per heavy atom. The van der Waals surface area contributed by atoms with Crippen LogP contribution in [0.4, 0.5) is 0 Å². The average molecular weight is 521 g/mol. The normalized spacial score (nSPS) is 11.0. The fourth-order valence-corrected chi connectivity index (χ4v) is 3.91. The first kappa shape index (κ1) is 21.8. The Morgan fingerprint density at radius 1 is 0.912 bits per heavy atom.